The second kappa shape index (κ2) is 4.43. The van der Waals surface area contributed by atoms with Crippen LogP contribution in [0.1, 0.15) is 46.5 Å². The van der Waals surface area contributed by atoms with Crippen molar-refractivity contribution < 1.29 is 5.11 Å². The van der Waals surface area contributed by atoms with E-state index in [-0.39, 0.29) is 5.60 Å². The molecule has 0 atom stereocenters. The highest BCUT2D eigenvalue weighted by Crippen LogP contribution is 2.30. The molecule has 1 fully saturated rings. The Labute approximate surface area is 81.9 Å². The number of nitrogens with zero attached hydrogens (tertiary/aromatic N) is 1. The molecular formula is C11H23NO. The van der Waals surface area contributed by atoms with Crippen molar-refractivity contribution >= 4 is 0 Å². The first-order chi connectivity index (χ1) is 6.07. The van der Waals surface area contributed by atoms with Gasteiger partial charge in [-0.05, 0) is 33.2 Å². The minimum absolute atomic E-state index is 0.375. The number of rotatable bonds is 4. The maximum atomic E-state index is 10.2. The minimum atomic E-state index is -0.375. The van der Waals surface area contributed by atoms with Gasteiger partial charge in [0.15, 0.2) is 0 Å². The third kappa shape index (κ3) is 2.96. The van der Waals surface area contributed by atoms with E-state index >= 15 is 0 Å². The van der Waals surface area contributed by atoms with E-state index in [1.807, 2.05) is 0 Å². The van der Waals surface area contributed by atoms with Crippen molar-refractivity contribution in [3.8, 4) is 0 Å². The maximum absolute atomic E-state index is 10.2. The van der Waals surface area contributed by atoms with Crippen LogP contribution in [-0.4, -0.2) is 34.7 Å². The van der Waals surface area contributed by atoms with Crippen LogP contribution in [0.25, 0.3) is 0 Å². The molecule has 0 aromatic carbocycles. The first-order valence-corrected chi connectivity index (χ1v) is 5.54. The summed E-state index contributed by atoms with van der Waals surface area (Å²) in [4.78, 5) is 2.35. The van der Waals surface area contributed by atoms with Gasteiger partial charge in [0.05, 0.1) is 5.60 Å². The lowest BCUT2D eigenvalue weighted by Crippen LogP contribution is -2.44. The van der Waals surface area contributed by atoms with Crippen LogP contribution in [0, 0.1) is 0 Å². The van der Waals surface area contributed by atoms with Crippen molar-refractivity contribution in [2.24, 2.45) is 0 Å². The molecule has 2 nitrogen and oxygen atoms in total. The van der Waals surface area contributed by atoms with Crippen LogP contribution >= 0.6 is 0 Å². The number of likely N-dealkylation sites (N-methyl/N-ethyl adjacent to an activating group) is 1. The van der Waals surface area contributed by atoms with Gasteiger partial charge in [0, 0.05) is 12.6 Å². The zero-order chi connectivity index (χ0) is 9.90. The Bertz CT molecular complexity index is 150. The molecule has 13 heavy (non-hydrogen) atoms. The van der Waals surface area contributed by atoms with Crippen LogP contribution in [0.2, 0.25) is 0 Å². The lowest BCUT2D eigenvalue weighted by atomic mass is 10.0. The van der Waals surface area contributed by atoms with E-state index in [0.29, 0.717) is 6.04 Å². The second-order valence-corrected chi connectivity index (χ2v) is 4.59. The van der Waals surface area contributed by atoms with Crippen LogP contribution in [0.15, 0.2) is 0 Å². The molecule has 0 aromatic heterocycles. The van der Waals surface area contributed by atoms with E-state index in [4.69, 9.17) is 0 Å². The van der Waals surface area contributed by atoms with E-state index in [1.54, 1.807) is 0 Å². The van der Waals surface area contributed by atoms with Crippen molar-refractivity contribution in [3.63, 3.8) is 0 Å². The summed E-state index contributed by atoms with van der Waals surface area (Å²) in [7, 11) is 0. The number of aliphatic hydroxyl groups is 1. The summed E-state index contributed by atoms with van der Waals surface area (Å²) in [6.07, 6.45) is 4.39. The van der Waals surface area contributed by atoms with Crippen molar-refractivity contribution in [2.75, 3.05) is 13.1 Å². The molecule has 0 unspecified atom stereocenters. The predicted octanol–water partition coefficient (Wildman–Crippen LogP) is 2.02. The lowest BCUT2D eigenvalue weighted by molar-refractivity contribution is 0.00229. The van der Waals surface area contributed by atoms with Crippen LogP contribution < -0.4 is 0 Å². The number of hydrogen-bond acceptors (Lipinski definition) is 2. The van der Waals surface area contributed by atoms with Crippen LogP contribution in [-0.2, 0) is 0 Å². The van der Waals surface area contributed by atoms with E-state index in [0.717, 1.165) is 25.9 Å². The second-order valence-electron chi connectivity index (χ2n) is 4.59. The summed E-state index contributed by atoms with van der Waals surface area (Å²) < 4.78 is 0. The topological polar surface area (TPSA) is 23.5 Å². The van der Waals surface area contributed by atoms with Crippen LogP contribution in [0.5, 0.6) is 0 Å². The Morgan fingerprint density at radius 2 is 1.85 bits per heavy atom. The molecular weight excluding hydrogens is 162 g/mol. The van der Waals surface area contributed by atoms with E-state index < -0.39 is 0 Å². The molecule has 2 heteroatoms. The van der Waals surface area contributed by atoms with Gasteiger partial charge in [0.2, 0.25) is 0 Å². The third-order valence-corrected chi connectivity index (χ3v) is 3.17. The van der Waals surface area contributed by atoms with Gasteiger partial charge >= 0.3 is 0 Å². The predicted molar refractivity (Wildman–Crippen MR) is 55.8 cm³/mol. The quantitative estimate of drug-likeness (QED) is 0.724. The molecule has 0 heterocycles. The maximum Gasteiger partial charge on any atom is 0.0774 e. The van der Waals surface area contributed by atoms with Crippen molar-refractivity contribution in [1.29, 1.82) is 0 Å². The molecule has 0 bridgehead atoms. The molecule has 0 saturated heterocycles. The van der Waals surface area contributed by atoms with Gasteiger partial charge < -0.3 is 5.11 Å². The SMILES string of the molecule is CCN(CC1(O)CCCC1)C(C)C. The van der Waals surface area contributed by atoms with Crippen LogP contribution in [0.3, 0.4) is 0 Å². The molecule has 0 radical (unpaired) electrons. The fourth-order valence-corrected chi connectivity index (χ4v) is 2.23. The Morgan fingerprint density at radius 1 is 1.31 bits per heavy atom. The molecule has 1 N–H and O–H groups in total. The first-order valence-electron chi connectivity index (χ1n) is 5.54. The molecule has 1 aliphatic carbocycles. The normalized spacial score (nSPS) is 21.7. The molecule has 1 saturated carbocycles. The van der Waals surface area contributed by atoms with Gasteiger partial charge in [0.1, 0.15) is 0 Å². The summed E-state index contributed by atoms with van der Waals surface area (Å²) in [5.74, 6) is 0. The lowest BCUT2D eigenvalue weighted by Gasteiger charge is -2.33. The summed E-state index contributed by atoms with van der Waals surface area (Å²) in [5, 5.41) is 10.2. The van der Waals surface area contributed by atoms with Gasteiger partial charge in [-0.15, -0.1) is 0 Å². The van der Waals surface area contributed by atoms with Crippen LogP contribution in [0.4, 0.5) is 0 Å². The van der Waals surface area contributed by atoms with Gasteiger partial charge in [-0.25, -0.2) is 0 Å². The zero-order valence-corrected chi connectivity index (χ0v) is 9.21. The first kappa shape index (κ1) is 11.0. The molecule has 0 aromatic rings. The standard InChI is InChI=1S/C11H23NO/c1-4-12(10(2)3)9-11(13)7-5-6-8-11/h10,13H,4-9H2,1-3H3. The molecule has 1 rings (SSSR count). The Hall–Kier alpha value is -0.0800. The van der Waals surface area contributed by atoms with Gasteiger partial charge in [-0.2, -0.15) is 0 Å². The molecule has 0 aliphatic heterocycles. The summed E-state index contributed by atoms with van der Waals surface area (Å²) >= 11 is 0. The Kier molecular flexibility index (Phi) is 3.74. The Morgan fingerprint density at radius 3 is 2.23 bits per heavy atom. The highest BCUT2D eigenvalue weighted by molar-refractivity contribution is 4.87. The molecule has 78 valence electrons. The van der Waals surface area contributed by atoms with Gasteiger partial charge in [0.25, 0.3) is 0 Å². The highest BCUT2D eigenvalue weighted by atomic mass is 16.3. The van der Waals surface area contributed by atoms with Crippen molar-refractivity contribution in [1.82, 2.24) is 4.90 Å². The minimum Gasteiger partial charge on any atom is -0.389 e. The fourth-order valence-electron chi connectivity index (χ4n) is 2.23. The highest BCUT2D eigenvalue weighted by Gasteiger charge is 2.33. The molecule has 0 spiro atoms. The van der Waals surface area contributed by atoms with E-state index in [2.05, 4.69) is 25.7 Å². The van der Waals surface area contributed by atoms with Crippen molar-refractivity contribution in [3.05, 3.63) is 0 Å². The Balaban J connectivity index is 2.44. The average Bonchev–Trinajstić information content (AvgIpc) is 2.48. The van der Waals surface area contributed by atoms with E-state index in [9.17, 15) is 5.11 Å². The van der Waals surface area contributed by atoms with E-state index in [1.165, 1.54) is 12.8 Å². The number of hydrogen-bond donors (Lipinski definition) is 1. The van der Waals surface area contributed by atoms with Gasteiger partial charge in [-0.3, -0.25) is 4.90 Å². The third-order valence-electron chi connectivity index (χ3n) is 3.17. The summed E-state index contributed by atoms with van der Waals surface area (Å²) in [6, 6.07) is 0.551. The smallest absolute Gasteiger partial charge is 0.0774 e. The molecule has 0 amide bonds. The average molecular weight is 185 g/mol. The summed E-state index contributed by atoms with van der Waals surface area (Å²) in [5.41, 5.74) is -0.375. The molecule has 1 aliphatic rings. The zero-order valence-electron chi connectivity index (χ0n) is 9.21. The van der Waals surface area contributed by atoms with Gasteiger partial charge in [-0.1, -0.05) is 19.8 Å². The summed E-state index contributed by atoms with van der Waals surface area (Å²) in [6.45, 7) is 8.46. The largest absolute Gasteiger partial charge is 0.389 e. The fraction of sp³-hybridized carbons (Fsp3) is 1.00. The van der Waals surface area contributed by atoms with Crippen molar-refractivity contribution in [2.45, 2.75) is 58.1 Å². The monoisotopic (exact) mass is 185 g/mol.